The Kier molecular flexibility index (Phi) is 6.05. The molecule has 1 saturated heterocycles. The molecule has 4 heteroatoms. The highest BCUT2D eigenvalue weighted by atomic mass is 16.6. The lowest BCUT2D eigenvalue weighted by atomic mass is 9.99. The number of piperidine rings is 1. The quantitative estimate of drug-likeness (QED) is 0.906. The van der Waals surface area contributed by atoms with E-state index in [0.717, 1.165) is 32.5 Å². The first kappa shape index (κ1) is 15.8. The summed E-state index contributed by atoms with van der Waals surface area (Å²) in [5, 5.41) is 3.63. The van der Waals surface area contributed by atoms with Crippen LogP contribution in [0, 0.1) is 0 Å². The molecule has 116 valence electrons. The molecule has 21 heavy (non-hydrogen) atoms. The van der Waals surface area contributed by atoms with Gasteiger partial charge in [-0.25, -0.2) is 4.79 Å². The van der Waals surface area contributed by atoms with E-state index in [0.29, 0.717) is 18.6 Å². The second kappa shape index (κ2) is 8.03. The van der Waals surface area contributed by atoms with E-state index in [-0.39, 0.29) is 6.09 Å². The van der Waals surface area contributed by atoms with Gasteiger partial charge in [0.2, 0.25) is 0 Å². The summed E-state index contributed by atoms with van der Waals surface area (Å²) in [4.78, 5) is 13.4. The number of benzene rings is 1. The number of hydrogen-bond acceptors (Lipinski definition) is 3. The molecule has 1 fully saturated rings. The van der Waals surface area contributed by atoms with Gasteiger partial charge in [0, 0.05) is 25.7 Å². The predicted molar refractivity (Wildman–Crippen MR) is 84.5 cm³/mol. The molecule has 1 aromatic carbocycles. The molecule has 0 aromatic heterocycles. The van der Waals surface area contributed by atoms with E-state index < -0.39 is 0 Å². The minimum atomic E-state index is -0.173. The van der Waals surface area contributed by atoms with Gasteiger partial charge in [-0.3, -0.25) is 0 Å². The summed E-state index contributed by atoms with van der Waals surface area (Å²) in [6.07, 6.45) is 1.83. The molecule has 1 amide bonds. The number of likely N-dealkylation sites (tertiary alicyclic amines) is 1. The highest BCUT2D eigenvalue weighted by Gasteiger charge is 2.23. The highest BCUT2D eigenvalue weighted by Crippen LogP contribution is 2.16. The van der Waals surface area contributed by atoms with Crippen LogP contribution in [0.25, 0.3) is 0 Å². The monoisotopic (exact) mass is 290 g/mol. The van der Waals surface area contributed by atoms with Crippen molar-refractivity contribution in [3.05, 3.63) is 35.9 Å². The van der Waals surface area contributed by atoms with Gasteiger partial charge < -0.3 is 15.0 Å². The molecule has 1 aliphatic rings. The number of ether oxygens (including phenoxy) is 1. The molecule has 1 heterocycles. The van der Waals surface area contributed by atoms with E-state index in [1.165, 1.54) is 5.56 Å². The van der Waals surface area contributed by atoms with E-state index in [9.17, 15) is 4.79 Å². The molecular weight excluding hydrogens is 264 g/mol. The fourth-order valence-electron chi connectivity index (χ4n) is 2.72. The maximum absolute atomic E-state index is 11.6. The van der Waals surface area contributed by atoms with Crippen molar-refractivity contribution in [3.63, 3.8) is 0 Å². The van der Waals surface area contributed by atoms with Crippen molar-refractivity contribution >= 4 is 6.09 Å². The smallest absolute Gasteiger partial charge is 0.409 e. The maximum atomic E-state index is 11.6. The summed E-state index contributed by atoms with van der Waals surface area (Å²) in [7, 11) is 0. The van der Waals surface area contributed by atoms with Crippen molar-refractivity contribution in [3.8, 4) is 0 Å². The summed E-state index contributed by atoms with van der Waals surface area (Å²) in [6, 6.07) is 11.1. The van der Waals surface area contributed by atoms with Crippen molar-refractivity contribution in [2.75, 3.05) is 26.2 Å². The maximum Gasteiger partial charge on any atom is 0.409 e. The van der Waals surface area contributed by atoms with Crippen LogP contribution in [-0.4, -0.2) is 43.3 Å². The lowest BCUT2D eigenvalue weighted by molar-refractivity contribution is 0.0950. The molecule has 0 unspecified atom stereocenters. The lowest BCUT2D eigenvalue weighted by Crippen LogP contribution is -2.45. The molecule has 1 aromatic rings. The Morgan fingerprint density at radius 2 is 2.00 bits per heavy atom. The van der Waals surface area contributed by atoms with Crippen LogP contribution in [0.2, 0.25) is 0 Å². The molecule has 0 spiro atoms. The topological polar surface area (TPSA) is 41.6 Å². The van der Waals surface area contributed by atoms with Crippen LogP contribution in [0.4, 0.5) is 4.79 Å². The third-order valence-corrected chi connectivity index (χ3v) is 4.10. The van der Waals surface area contributed by atoms with Gasteiger partial charge in [0.25, 0.3) is 0 Å². The van der Waals surface area contributed by atoms with Crippen LogP contribution in [-0.2, 0) is 4.74 Å². The SMILES string of the molecule is CCOC(=O)N1CCC(NC[C@@H](C)c2ccccc2)CC1. The zero-order chi connectivity index (χ0) is 15.1. The number of nitrogens with zero attached hydrogens (tertiary/aromatic N) is 1. The van der Waals surface area contributed by atoms with Gasteiger partial charge in [0.05, 0.1) is 6.61 Å². The average molecular weight is 290 g/mol. The van der Waals surface area contributed by atoms with Gasteiger partial charge in [0.15, 0.2) is 0 Å². The van der Waals surface area contributed by atoms with Gasteiger partial charge in [-0.15, -0.1) is 0 Å². The Hall–Kier alpha value is -1.55. The van der Waals surface area contributed by atoms with Crippen molar-refractivity contribution < 1.29 is 9.53 Å². The van der Waals surface area contributed by atoms with Crippen molar-refractivity contribution in [1.29, 1.82) is 0 Å². The molecule has 4 nitrogen and oxygen atoms in total. The van der Waals surface area contributed by atoms with E-state index >= 15 is 0 Å². The molecular formula is C17H26N2O2. The Balaban J connectivity index is 1.70. The van der Waals surface area contributed by atoms with E-state index in [4.69, 9.17) is 4.74 Å². The van der Waals surface area contributed by atoms with Crippen LogP contribution < -0.4 is 5.32 Å². The first-order valence-electron chi connectivity index (χ1n) is 7.90. The average Bonchev–Trinajstić information content (AvgIpc) is 2.54. The second-order valence-corrected chi connectivity index (χ2v) is 5.68. The van der Waals surface area contributed by atoms with Gasteiger partial charge in [-0.05, 0) is 31.2 Å². The molecule has 1 atom stereocenters. The molecule has 0 saturated carbocycles. The van der Waals surface area contributed by atoms with Crippen LogP contribution >= 0.6 is 0 Å². The summed E-state index contributed by atoms with van der Waals surface area (Å²) in [6.45, 7) is 7.10. The third kappa shape index (κ3) is 4.74. The third-order valence-electron chi connectivity index (χ3n) is 4.10. The summed E-state index contributed by atoms with van der Waals surface area (Å²) in [5.41, 5.74) is 1.37. The Morgan fingerprint density at radius 1 is 1.33 bits per heavy atom. The second-order valence-electron chi connectivity index (χ2n) is 5.68. The predicted octanol–water partition coefficient (Wildman–Crippen LogP) is 3.00. The van der Waals surface area contributed by atoms with E-state index in [1.54, 1.807) is 0 Å². The summed E-state index contributed by atoms with van der Waals surface area (Å²) >= 11 is 0. The van der Waals surface area contributed by atoms with Crippen molar-refractivity contribution in [1.82, 2.24) is 10.2 Å². The standard InChI is InChI=1S/C17H26N2O2/c1-3-21-17(20)19-11-9-16(10-12-19)18-13-14(2)15-7-5-4-6-8-15/h4-8,14,16,18H,3,9-13H2,1-2H3/t14-/m1/s1. The largest absolute Gasteiger partial charge is 0.450 e. The van der Waals surface area contributed by atoms with E-state index in [2.05, 4.69) is 42.6 Å². The number of rotatable bonds is 5. The molecule has 1 aliphatic heterocycles. The number of hydrogen-bond donors (Lipinski definition) is 1. The van der Waals surface area contributed by atoms with Gasteiger partial charge in [-0.2, -0.15) is 0 Å². The molecule has 0 radical (unpaired) electrons. The highest BCUT2D eigenvalue weighted by molar-refractivity contribution is 5.67. The zero-order valence-electron chi connectivity index (χ0n) is 13.0. The summed E-state index contributed by atoms with van der Waals surface area (Å²) < 4.78 is 5.04. The van der Waals surface area contributed by atoms with Gasteiger partial charge in [0.1, 0.15) is 0 Å². The molecule has 0 aliphatic carbocycles. The van der Waals surface area contributed by atoms with Crippen molar-refractivity contribution in [2.24, 2.45) is 0 Å². The van der Waals surface area contributed by atoms with Crippen LogP contribution in [0.1, 0.15) is 38.2 Å². The Morgan fingerprint density at radius 3 is 2.62 bits per heavy atom. The molecule has 0 bridgehead atoms. The first-order chi connectivity index (χ1) is 10.2. The molecule has 2 rings (SSSR count). The van der Waals surface area contributed by atoms with Crippen LogP contribution in [0.3, 0.4) is 0 Å². The van der Waals surface area contributed by atoms with Gasteiger partial charge in [-0.1, -0.05) is 37.3 Å². The Bertz CT molecular complexity index is 428. The van der Waals surface area contributed by atoms with E-state index in [1.807, 2.05) is 11.8 Å². The number of nitrogens with one attached hydrogen (secondary N) is 1. The number of carbonyl (C=O) groups is 1. The first-order valence-corrected chi connectivity index (χ1v) is 7.90. The van der Waals surface area contributed by atoms with Crippen LogP contribution in [0.5, 0.6) is 0 Å². The number of carbonyl (C=O) groups excluding carboxylic acids is 1. The summed E-state index contributed by atoms with van der Waals surface area (Å²) in [5.74, 6) is 0.509. The normalized spacial score (nSPS) is 17.5. The fourth-order valence-corrected chi connectivity index (χ4v) is 2.72. The fraction of sp³-hybridized carbons (Fsp3) is 0.588. The number of amides is 1. The van der Waals surface area contributed by atoms with Crippen molar-refractivity contribution in [2.45, 2.75) is 38.6 Å². The minimum absolute atomic E-state index is 0.173. The van der Waals surface area contributed by atoms with Crippen LogP contribution in [0.15, 0.2) is 30.3 Å². The minimum Gasteiger partial charge on any atom is -0.450 e. The Labute approximate surface area is 127 Å². The lowest BCUT2D eigenvalue weighted by Gasteiger charge is -2.32. The zero-order valence-corrected chi connectivity index (χ0v) is 13.0. The molecule has 1 N–H and O–H groups in total. The van der Waals surface area contributed by atoms with Gasteiger partial charge >= 0.3 is 6.09 Å².